The van der Waals surface area contributed by atoms with E-state index in [-0.39, 0.29) is 13.0 Å². The van der Waals surface area contributed by atoms with Crippen LogP contribution in [0.3, 0.4) is 0 Å². The predicted octanol–water partition coefficient (Wildman–Crippen LogP) is 3.88. The normalized spacial score (nSPS) is 10.4. The van der Waals surface area contributed by atoms with Crippen molar-refractivity contribution in [2.75, 3.05) is 6.61 Å². The van der Waals surface area contributed by atoms with Gasteiger partial charge in [0, 0.05) is 6.42 Å². The fraction of sp³-hybridized carbons (Fsp3) is 0.188. The van der Waals surface area contributed by atoms with Gasteiger partial charge in [0.15, 0.2) is 11.6 Å². The van der Waals surface area contributed by atoms with E-state index in [4.69, 9.17) is 9.84 Å². The Labute approximate surface area is 120 Å². The Kier molecular flexibility index (Phi) is 4.87. The van der Waals surface area contributed by atoms with Gasteiger partial charge in [-0.15, -0.1) is 0 Å². The summed E-state index contributed by atoms with van der Waals surface area (Å²) in [6.45, 7) is 0.285. The van der Waals surface area contributed by atoms with Crippen LogP contribution in [0.25, 0.3) is 11.1 Å². The van der Waals surface area contributed by atoms with Crippen LogP contribution in [0.2, 0.25) is 0 Å². The number of ether oxygens (including phenoxy) is 1. The summed E-state index contributed by atoms with van der Waals surface area (Å²) in [5.41, 5.74) is 1.24. The van der Waals surface area contributed by atoms with Crippen molar-refractivity contribution in [2.24, 2.45) is 0 Å². The van der Waals surface area contributed by atoms with Crippen molar-refractivity contribution in [1.29, 1.82) is 0 Å². The summed E-state index contributed by atoms with van der Waals surface area (Å²) in [6.07, 6.45) is 0.452. The predicted molar refractivity (Wildman–Crippen MR) is 74.2 cm³/mol. The Morgan fingerprint density at radius 3 is 2.52 bits per heavy atom. The zero-order valence-corrected chi connectivity index (χ0v) is 11.2. The van der Waals surface area contributed by atoms with Gasteiger partial charge in [-0.2, -0.15) is 0 Å². The summed E-state index contributed by atoms with van der Waals surface area (Å²) < 4.78 is 31.6. The van der Waals surface area contributed by atoms with E-state index in [1.54, 1.807) is 24.3 Å². The Bertz CT molecular complexity index is 641. The number of benzene rings is 2. The summed E-state index contributed by atoms with van der Waals surface area (Å²) >= 11 is 0. The van der Waals surface area contributed by atoms with Crippen LogP contribution in [0.5, 0.6) is 5.75 Å². The molecule has 0 radical (unpaired) electrons. The van der Waals surface area contributed by atoms with Crippen molar-refractivity contribution in [3.63, 3.8) is 0 Å². The van der Waals surface area contributed by atoms with E-state index in [0.29, 0.717) is 23.3 Å². The van der Waals surface area contributed by atoms with Crippen LogP contribution in [0.4, 0.5) is 8.78 Å². The van der Waals surface area contributed by atoms with Gasteiger partial charge in [0.2, 0.25) is 0 Å². The second-order valence-electron chi connectivity index (χ2n) is 4.50. The summed E-state index contributed by atoms with van der Waals surface area (Å²) in [4.78, 5) is 10.4. The molecule has 0 atom stereocenters. The van der Waals surface area contributed by atoms with Gasteiger partial charge in [-0.1, -0.05) is 18.2 Å². The first-order chi connectivity index (χ1) is 10.1. The van der Waals surface area contributed by atoms with E-state index in [1.807, 2.05) is 0 Å². The molecule has 0 aliphatic rings. The van der Waals surface area contributed by atoms with Crippen molar-refractivity contribution in [3.8, 4) is 16.9 Å². The summed E-state index contributed by atoms with van der Waals surface area (Å²) in [5, 5.41) is 8.53. The van der Waals surface area contributed by atoms with Gasteiger partial charge in [0.1, 0.15) is 5.75 Å². The number of aliphatic carboxylic acids is 1. The van der Waals surface area contributed by atoms with Crippen molar-refractivity contribution in [1.82, 2.24) is 0 Å². The van der Waals surface area contributed by atoms with Crippen LogP contribution in [-0.4, -0.2) is 17.7 Å². The van der Waals surface area contributed by atoms with Gasteiger partial charge in [0.05, 0.1) is 6.61 Å². The molecule has 2 rings (SSSR count). The number of carbonyl (C=O) groups is 1. The van der Waals surface area contributed by atoms with Gasteiger partial charge in [-0.3, -0.25) is 4.79 Å². The fourth-order valence-electron chi connectivity index (χ4n) is 1.85. The average molecular weight is 292 g/mol. The van der Waals surface area contributed by atoms with E-state index >= 15 is 0 Å². The maximum Gasteiger partial charge on any atom is 0.303 e. The monoisotopic (exact) mass is 292 g/mol. The molecule has 5 heteroatoms. The molecule has 2 aromatic carbocycles. The lowest BCUT2D eigenvalue weighted by molar-refractivity contribution is -0.137. The van der Waals surface area contributed by atoms with E-state index in [0.717, 1.165) is 12.1 Å². The zero-order chi connectivity index (χ0) is 15.2. The number of rotatable bonds is 6. The molecule has 0 amide bonds. The molecule has 0 fully saturated rings. The number of carboxylic acids is 1. The third kappa shape index (κ3) is 4.27. The average Bonchev–Trinajstić information content (AvgIpc) is 2.47. The zero-order valence-electron chi connectivity index (χ0n) is 11.2. The molecule has 2 aromatic rings. The molecule has 0 saturated heterocycles. The summed E-state index contributed by atoms with van der Waals surface area (Å²) in [5.74, 6) is -2.10. The minimum atomic E-state index is -0.903. The van der Waals surface area contributed by atoms with Crippen molar-refractivity contribution < 1.29 is 23.4 Å². The topological polar surface area (TPSA) is 46.5 Å². The van der Waals surface area contributed by atoms with E-state index in [2.05, 4.69) is 0 Å². The molecule has 0 aromatic heterocycles. The summed E-state index contributed by atoms with van der Waals surface area (Å²) in [6, 6.07) is 10.6. The lowest BCUT2D eigenvalue weighted by atomic mass is 10.1. The largest absolute Gasteiger partial charge is 0.494 e. The first kappa shape index (κ1) is 15.0. The molecular formula is C16H14F2O3. The number of hydrogen-bond acceptors (Lipinski definition) is 2. The lowest BCUT2D eigenvalue weighted by Crippen LogP contribution is -2.02. The molecule has 0 saturated carbocycles. The number of carboxylic acid groups (broad SMARTS) is 1. The minimum Gasteiger partial charge on any atom is -0.494 e. The maximum absolute atomic E-state index is 13.2. The van der Waals surface area contributed by atoms with Crippen LogP contribution in [-0.2, 0) is 4.79 Å². The third-order valence-electron chi connectivity index (χ3n) is 2.89. The molecular weight excluding hydrogens is 278 g/mol. The Morgan fingerprint density at radius 1 is 1.05 bits per heavy atom. The first-order valence-electron chi connectivity index (χ1n) is 6.46. The van der Waals surface area contributed by atoms with E-state index < -0.39 is 17.6 Å². The molecule has 0 aliphatic heterocycles. The van der Waals surface area contributed by atoms with Crippen LogP contribution in [0, 0.1) is 11.6 Å². The van der Waals surface area contributed by atoms with E-state index in [1.165, 1.54) is 6.07 Å². The number of halogens is 2. The van der Waals surface area contributed by atoms with Crippen molar-refractivity contribution >= 4 is 5.97 Å². The standard InChI is InChI=1S/C16H14F2O3/c17-14-7-6-12(10-15(14)18)11-3-1-4-13(9-11)21-8-2-5-16(19)20/h1,3-4,6-7,9-10H,2,5,8H2,(H,19,20). The third-order valence-corrected chi connectivity index (χ3v) is 2.89. The molecule has 0 unspecified atom stereocenters. The van der Waals surface area contributed by atoms with Crippen LogP contribution in [0.1, 0.15) is 12.8 Å². The first-order valence-corrected chi connectivity index (χ1v) is 6.46. The molecule has 0 bridgehead atoms. The molecule has 0 aliphatic carbocycles. The molecule has 3 nitrogen and oxygen atoms in total. The quantitative estimate of drug-likeness (QED) is 0.822. The van der Waals surface area contributed by atoms with Gasteiger partial charge in [-0.05, 0) is 41.8 Å². The highest BCUT2D eigenvalue weighted by Crippen LogP contribution is 2.25. The highest BCUT2D eigenvalue weighted by atomic mass is 19.2. The number of hydrogen-bond donors (Lipinski definition) is 1. The highest BCUT2D eigenvalue weighted by Gasteiger charge is 2.05. The molecule has 0 heterocycles. The summed E-state index contributed by atoms with van der Waals surface area (Å²) in [7, 11) is 0. The lowest BCUT2D eigenvalue weighted by Gasteiger charge is -2.08. The SMILES string of the molecule is O=C(O)CCCOc1cccc(-c2ccc(F)c(F)c2)c1. The molecule has 1 N–H and O–H groups in total. The molecule has 110 valence electrons. The van der Waals surface area contributed by atoms with Gasteiger partial charge in [0.25, 0.3) is 0 Å². The fourth-order valence-corrected chi connectivity index (χ4v) is 1.85. The van der Waals surface area contributed by atoms with Gasteiger partial charge >= 0.3 is 5.97 Å². The van der Waals surface area contributed by atoms with Crippen LogP contribution >= 0.6 is 0 Å². The minimum absolute atomic E-state index is 0.0445. The maximum atomic E-state index is 13.2. The van der Waals surface area contributed by atoms with Gasteiger partial charge < -0.3 is 9.84 Å². The Balaban J connectivity index is 2.06. The molecule has 0 spiro atoms. The second kappa shape index (κ2) is 6.83. The highest BCUT2D eigenvalue weighted by molar-refractivity contribution is 5.66. The Hall–Kier alpha value is -2.43. The Morgan fingerprint density at radius 2 is 1.81 bits per heavy atom. The van der Waals surface area contributed by atoms with Crippen LogP contribution in [0.15, 0.2) is 42.5 Å². The van der Waals surface area contributed by atoms with Crippen molar-refractivity contribution in [2.45, 2.75) is 12.8 Å². The second-order valence-corrected chi connectivity index (χ2v) is 4.50. The van der Waals surface area contributed by atoms with E-state index in [9.17, 15) is 13.6 Å². The smallest absolute Gasteiger partial charge is 0.303 e. The van der Waals surface area contributed by atoms with Crippen molar-refractivity contribution in [3.05, 3.63) is 54.1 Å². The van der Waals surface area contributed by atoms with Crippen LogP contribution < -0.4 is 4.74 Å². The molecule has 21 heavy (non-hydrogen) atoms. The van der Waals surface area contributed by atoms with Gasteiger partial charge in [-0.25, -0.2) is 8.78 Å².